The molecule has 0 amide bonds. The van der Waals surface area contributed by atoms with E-state index in [1.165, 1.54) is 173 Å². The highest BCUT2D eigenvalue weighted by Gasteiger charge is 2.19. The van der Waals surface area contributed by atoms with Crippen molar-refractivity contribution in [1.29, 1.82) is 0 Å². The molecule has 344 valence electrons. The predicted octanol–water partition coefficient (Wildman–Crippen LogP) is 16.5. The van der Waals surface area contributed by atoms with Gasteiger partial charge in [-0.1, -0.05) is 247 Å². The minimum Gasteiger partial charge on any atom is -0.462 e. The van der Waals surface area contributed by atoms with Crippen molar-refractivity contribution < 1.29 is 28.6 Å². The molecule has 0 spiro atoms. The van der Waals surface area contributed by atoms with Gasteiger partial charge in [-0.25, -0.2) is 0 Å². The molecule has 0 radical (unpaired) electrons. The average Bonchev–Trinajstić information content (AvgIpc) is 3.21. The molecule has 0 aliphatic rings. The van der Waals surface area contributed by atoms with Gasteiger partial charge in [0.15, 0.2) is 6.10 Å². The van der Waals surface area contributed by atoms with E-state index in [1.54, 1.807) is 0 Å². The van der Waals surface area contributed by atoms with E-state index in [0.29, 0.717) is 19.3 Å². The topological polar surface area (TPSA) is 78.9 Å². The molecule has 1 unspecified atom stereocenters. The number of hydrogen-bond donors (Lipinski definition) is 0. The van der Waals surface area contributed by atoms with E-state index in [9.17, 15) is 14.4 Å². The van der Waals surface area contributed by atoms with Gasteiger partial charge < -0.3 is 14.2 Å². The van der Waals surface area contributed by atoms with Crippen molar-refractivity contribution in [2.45, 2.75) is 291 Å². The van der Waals surface area contributed by atoms with Crippen LogP contribution < -0.4 is 0 Å². The Kier molecular flexibility index (Phi) is 43.7. The smallest absolute Gasteiger partial charge is 0.306 e. The lowest BCUT2D eigenvalue weighted by Gasteiger charge is -2.18. The molecule has 0 bridgehead atoms. The van der Waals surface area contributed by atoms with Gasteiger partial charge in [0, 0.05) is 19.3 Å². The maximum absolute atomic E-state index is 12.7. The second-order valence-electron chi connectivity index (χ2n) is 18.5. The highest BCUT2D eigenvalue weighted by atomic mass is 16.6. The predicted molar refractivity (Wildman–Crippen MR) is 247 cm³/mol. The second kappa shape index (κ2) is 44.9. The van der Waals surface area contributed by atoms with Crippen LogP contribution in [-0.2, 0) is 28.6 Å². The number of unbranched alkanes of at least 4 members (excludes halogenated alkanes) is 30. The van der Waals surface area contributed by atoms with Crippen LogP contribution in [-0.4, -0.2) is 37.2 Å². The van der Waals surface area contributed by atoms with Crippen LogP contribution in [0.3, 0.4) is 0 Å². The molecule has 0 aromatic rings. The minimum atomic E-state index is -0.761. The molecule has 58 heavy (non-hydrogen) atoms. The molecular formula is C52H100O6. The van der Waals surface area contributed by atoms with Gasteiger partial charge in [-0.05, 0) is 31.1 Å². The molecule has 0 fully saturated rings. The van der Waals surface area contributed by atoms with Crippen LogP contribution in [0.2, 0.25) is 0 Å². The van der Waals surface area contributed by atoms with Crippen molar-refractivity contribution in [3.8, 4) is 0 Å². The third-order valence-corrected chi connectivity index (χ3v) is 12.1. The molecule has 0 N–H and O–H groups in total. The standard InChI is InChI=1S/C52H100O6/c1-6-8-9-10-11-20-27-32-37-42-50(53)56-45-49(58-52(55)44-39-34-29-24-23-26-31-36-41-48(5)7-2)46-57-51(54)43-38-33-28-22-19-17-15-13-12-14-16-18-21-25-30-35-40-47(3)4/h47-49H,6-46H2,1-5H3/t48?,49-/m0/s1. The molecular weight excluding hydrogens is 721 g/mol. The molecule has 0 aromatic heterocycles. The summed E-state index contributed by atoms with van der Waals surface area (Å²) < 4.78 is 16.8. The van der Waals surface area contributed by atoms with Gasteiger partial charge in [-0.3, -0.25) is 14.4 Å². The zero-order valence-corrected chi connectivity index (χ0v) is 39.7. The highest BCUT2D eigenvalue weighted by Crippen LogP contribution is 2.18. The number of hydrogen-bond acceptors (Lipinski definition) is 6. The van der Waals surface area contributed by atoms with Gasteiger partial charge in [0.25, 0.3) is 0 Å². The summed E-state index contributed by atoms with van der Waals surface area (Å²) in [6.07, 6.45) is 45.2. The first-order valence-corrected chi connectivity index (χ1v) is 25.8. The van der Waals surface area contributed by atoms with Crippen molar-refractivity contribution >= 4 is 17.9 Å². The van der Waals surface area contributed by atoms with Crippen LogP contribution in [0, 0.1) is 11.8 Å². The number of ether oxygens (including phenoxy) is 3. The van der Waals surface area contributed by atoms with Crippen molar-refractivity contribution in [3.63, 3.8) is 0 Å². The summed E-state index contributed by atoms with van der Waals surface area (Å²) in [6.45, 7) is 11.4. The fourth-order valence-corrected chi connectivity index (χ4v) is 7.78. The monoisotopic (exact) mass is 821 g/mol. The van der Waals surface area contributed by atoms with Crippen molar-refractivity contribution in [3.05, 3.63) is 0 Å². The lowest BCUT2D eigenvalue weighted by atomic mass is 9.99. The van der Waals surface area contributed by atoms with Crippen LogP contribution in [0.15, 0.2) is 0 Å². The average molecular weight is 821 g/mol. The molecule has 0 aliphatic heterocycles. The van der Waals surface area contributed by atoms with Crippen molar-refractivity contribution in [2.75, 3.05) is 13.2 Å². The number of carbonyl (C=O) groups excluding carboxylic acids is 3. The molecule has 0 aromatic carbocycles. The first-order chi connectivity index (χ1) is 28.3. The van der Waals surface area contributed by atoms with E-state index in [2.05, 4.69) is 34.6 Å². The maximum Gasteiger partial charge on any atom is 0.306 e. The van der Waals surface area contributed by atoms with Crippen LogP contribution in [0.25, 0.3) is 0 Å². The van der Waals surface area contributed by atoms with E-state index in [-0.39, 0.29) is 31.1 Å². The Hall–Kier alpha value is -1.59. The largest absolute Gasteiger partial charge is 0.462 e. The Labute approximate surface area is 361 Å². The molecule has 0 heterocycles. The number of rotatable bonds is 46. The normalized spacial score (nSPS) is 12.5. The van der Waals surface area contributed by atoms with Gasteiger partial charge in [0.2, 0.25) is 0 Å². The van der Waals surface area contributed by atoms with Gasteiger partial charge in [0.05, 0.1) is 0 Å². The summed E-state index contributed by atoms with van der Waals surface area (Å²) in [7, 11) is 0. The zero-order valence-electron chi connectivity index (χ0n) is 39.7. The van der Waals surface area contributed by atoms with E-state index < -0.39 is 6.10 Å². The van der Waals surface area contributed by atoms with Gasteiger partial charge in [-0.2, -0.15) is 0 Å². The van der Waals surface area contributed by atoms with E-state index in [4.69, 9.17) is 14.2 Å². The van der Waals surface area contributed by atoms with Crippen molar-refractivity contribution in [2.24, 2.45) is 11.8 Å². The molecule has 6 nitrogen and oxygen atoms in total. The first kappa shape index (κ1) is 56.4. The highest BCUT2D eigenvalue weighted by molar-refractivity contribution is 5.71. The van der Waals surface area contributed by atoms with Crippen LogP contribution in [0.5, 0.6) is 0 Å². The number of esters is 3. The lowest BCUT2D eigenvalue weighted by molar-refractivity contribution is -0.167. The maximum atomic E-state index is 12.7. The SMILES string of the molecule is CCCCCCCCCCCC(=O)OC[C@@H](COC(=O)CCCCCCCCCCCCCCCCCCC(C)C)OC(=O)CCCCCCCCCCC(C)CC. The van der Waals surface area contributed by atoms with Gasteiger partial charge in [0.1, 0.15) is 13.2 Å². The summed E-state index contributed by atoms with van der Waals surface area (Å²) in [4.78, 5) is 37.8. The molecule has 0 rings (SSSR count). The Morgan fingerprint density at radius 1 is 0.362 bits per heavy atom. The minimum absolute atomic E-state index is 0.0641. The first-order valence-electron chi connectivity index (χ1n) is 25.8. The summed E-state index contributed by atoms with van der Waals surface area (Å²) in [5, 5.41) is 0. The Balaban J connectivity index is 4.22. The fraction of sp³-hybridized carbons (Fsp3) is 0.942. The van der Waals surface area contributed by atoms with Gasteiger partial charge in [-0.15, -0.1) is 0 Å². The third-order valence-electron chi connectivity index (χ3n) is 12.1. The zero-order chi connectivity index (χ0) is 42.6. The van der Waals surface area contributed by atoms with Crippen LogP contribution in [0.4, 0.5) is 0 Å². The number of carbonyl (C=O) groups is 3. The van der Waals surface area contributed by atoms with Crippen LogP contribution in [0.1, 0.15) is 285 Å². The summed E-state index contributed by atoms with van der Waals surface area (Å²) in [6, 6.07) is 0. The second-order valence-corrected chi connectivity index (χ2v) is 18.5. The Morgan fingerprint density at radius 2 is 0.655 bits per heavy atom. The molecule has 0 aliphatic carbocycles. The van der Waals surface area contributed by atoms with E-state index in [1.807, 2.05) is 0 Å². The lowest BCUT2D eigenvalue weighted by Crippen LogP contribution is -2.30. The quantitative estimate of drug-likeness (QED) is 0.0346. The molecule has 6 heteroatoms. The van der Waals surface area contributed by atoms with Gasteiger partial charge >= 0.3 is 17.9 Å². The molecule has 2 atom stereocenters. The van der Waals surface area contributed by atoms with Crippen LogP contribution >= 0.6 is 0 Å². The summed E-state index contributed by atoms with van der Waals surface area (Å²) in [5.41, 5.74) is 0. The fourth-order valence-electron chi connectivity index (χ4n) is 7.78. The molecule has 0 saturated carbocycles. The summed E-state index contributed by atoms with van der Waals surface area (Å²) >= 11 is 0. The molecule has 0 saturated heterocycles. The summed E-state index contributed by atoms with van der Waals surface area (Å²) in [5.74, 6) is 0.845. The third kappa shape index (κ3) is 44.0. The van der Waals surface area contributed by atoms with Crippen molar-refractivity contribution in [1.82, 2.24) is 0 Å². The Morgan fingerprint density at radius 3 is 0.983 bits per heavy atom. The Bertz CT molecular complexity index is 887. The van der Waals surface area contributed by atoms with E-state index >= 15 is 0 Å². The van der Waals surface area contributed by atoms with E-state index in [0.717, 1.165) is 69.6 Å².